The molecule has 0 unspecified atom stereocenters. The van der Waals surface area contributed by atoms with Crippen LogP contribution in [0.2, 0.25) is 0 Å². The van der Waals surface area contributed by atoms with E-state index in [1.165, 1.54) is 0 Å². The molecule has 0 radical (unpaired) electrons. The fourth-order valence-electron chi connectivity index (χ4n) is 1.49. The number of hydrogen-bond donors (Lipinski definition) is 1. The van der Waals surface area contributed by atoms with Gasteiger partial charge in [0.2, 0.25) is 0 Å². The molecule has 1 aliphatic rings. The van der Waals surface area contributed by atoms with Gasteiger partial charge in [0.05, 0.1) is 13.2 Å². The van der Waals surface area contributed by atoms with Crippen LogP contribution in [0.25, 0.3) is 0 Å². The predicted molar refractivity (Wildman–Crippen MR) is 53.1 cm³/mol. The molecular formula is C10H17NO4. The lowest BCUT2D eigenvalue weighted by atomic mass is 9.87. The van der Waals surface area contributed by atoms with E-state index in [1.54, 1.807) is 13.8 Å². The largest absolute Gasteiger partial charge is 0.465 e. The summed E-state index contributed by atoms with van der Waals surface area (Å²) in [5.41, 5.74) is 0. The molecule has 0 aromatic rings. The van der Waals surface area contributed by atoms with Crippen molar-refractivity contribution in [3.63, 3.8) is 0 Å². The van der Waals surface area contributed by atoms with Gasteiger partial charge < -0.3 is 14.8 Å². The lowest BCUT2D eigenvalue weighted by molar-refractivity contribution is -0.165. The molecule has 1 aliphatic heterocycles. The third-order valence-electron chi connectivity index (χ3n) is 2.37. The van der Waals surface area contributed by atoms with Gasteiger partial charge in [-0.2, -0.15) is 0 Å². The van der Waals surface area contributed by atoms with Crippen LogP contribution < -0.4 is 5.32 Å². The molecule has 0 bridgehead atoms. The average Bonchev–Trinajstić information content (AvgIpc) is 2.11. The van der Waals surface area contributed by atoms with Crippen molar-refractivity contribution in [3.8, 4) is 0 Å². The molecule has 0 amide bonds. The molecule has 0 saturated carbocycles. The van der Waals surface area contributed by atoms with Crippen molar-refractivity contribution < 1.29 is 19.1 Å². The topological polar surface area (TPSA) is 64.6 Å². The van der Waals surface area contributed by atoms with E-state index in [9.17, 15) is 9.59 Å². The van der Waals surface area contributed by atoms with Crippen molar-refractivity contribution >= 4 is 11.9 Å². The third kappa shape index (κ3) is 2.92. The zero-order chi connectivity index (χ0) is 11.3. The van der Waals surface area contributed by atoms with E-state index in [1.807, 2.05) is 0 Å². The zero-order valence-electron chi connectivity index (χ0n) is 9.12. The summed E-state index contributed by atoms with van der Waals surface area (Å²) in [7, 11) is 0. The standard InChI is InChI=1S/C10H17NO4/c1-3-14-9(12)8(7-5-11-6-7)10(13)15-4-2/h7-8,11H,3-6H2,1-2H3. The smallest absolute Gasteiger partial charge is 0.320 e. The second-order valence-corrected chi connectivity index (χ2v) is 3.40. The van der Waals surface area contributed by atoms with Gasteiger partial charge in [-0.1, -0.05) is 0 Å². The normalized spacial score (nSPS) is 15.9. The van der Waals surface area contributed by atoms with Gasteiger partial charge in [0.25, 0.3) is 0 Å². The molecule has 0 aromatic heterocycles. The zero-order valence-corrected chi connectivity index (χ0v) is 9.12. The Morgan fingerprint density at radius 1 is 1.20 bits per heavy atom. The van der Waals surface area contributed by atoms with Crippen molar-refractivity contribution in [2.75, 3.05) is 26.3 Å². The Morgan fingerprint density at radius 2 is 1.67 bits per heavy atom. The summed E-state index contributed by atoms with van der Waals surface area (Å²) < 4.78 is 9.72. The number of hydrogen-bond acceptors (Lipinski definition) is 5. The maximum absolute atomic E-state index is 11.5. The van der Waals surface area contributed by atoms with Gasteiger partial charge >= 0.3 is 11.9 Å². The van der Waals surface area contributed by atoms with E-state index in [0.717, 1.165) is 0 Å². The molecule has 0 atom stereocenters. The van der Waals surface area contributed by atoms with E-state index in [0.29, 0.717) is 13.1 Å². The van der Waals surface area contributed by atoms with Crippen molar-refractivity contribution in [1.29, 1.82) is 0 Å². The fraction of sp³-hybridized carbons (Fsp3) is 0.800. The number of esters is 2. The summed E-state index contributed by atoms with van der Waals surface area (Å²) in [6.07, 6.45) is 0. The van der Waals surface area contributed by atoms with Gasteiger partial charge in [0.1, 0.15) is 0 Å². The monoisotopic (exact) mass is 215 g/mol. The maximum Gasteiger partial charge on any atom is 0.320 e. The van der Waals surface area contributed by atoms with Crippen LogP contribution in [0.5, 0.6) is 0 Å². The molecule has 1 saturated heterocycles. The summed E-state index contributed by atoms with van der Waals surface area (Å²) in [5, 5.41) is 3.02. The minimum absolute atomic E-state index is 0.0168. The Labute approximate surface area is 89.1 Å². The number of nitrogens with one attached hydrogen (secondary N) is 1. The number of carbonyl (C=O) groups is 2. The average molecular weight is 215 g/mol. The highest BCUT2D eigenvalue weighted by Gasteiger charge is 2.40. The van der Waals surface area contributed by atoms with E-state index in [4.69, 9.17) is 9.47 Å². The molecule has 5 heteroatoms. The van der Waals surface area contributed by atoms with Crippen LogP contribution in [0.15, 0.2) is 0 Å². The van der Waals surface area contributed by atoms with E-state index >= 15 is 0 Å². The van der Waals surface area contributed by atoms with Crippen LogP contribution in [0.4, 0.5) is 0 Å². The Morgan fingerprint density at radius 3 is 1.93 bits per heavy atom. The fourth-order valence-corrected chi connectivity index (χ4v) is 1.49. The molecule has 1 heterocycles. The van der Waals surface area contributed by atoms with Crippen molar-refractivity contribution in [1.82, 2.24) is 5.32 Å². The second-order valence-electron chi connectivity index (χ2n) is 3.40. The minimum atomic E-state index is -0.758. The first kappa shape index (κ1) is 12.0. The Balaban J connectivity index is 2.59. The molecule has 5 nitrogen and oxygen atoms in total. The van der Waals surface area contributed by atoms with E-state index in [2.05, 4.69) is 5.32 Å². The number of ether oxygens (including phenoxy) is 2. The van der Waals surface area contributed by atoms with Crippen LogP contribution in [0.1, 0.15) is 13.8 Å². The molecule has 1 fully saturated rings. The summed E-state index contributed by atoms with van der Waals surface area (Å²) in [4.78, 5) is 23.1. The van der Waals surface area contributed by atoms with Gasteiger partial charge in [-0.15, -0.1) is 0 Å². The van der Waals surface area contributed by atoms with Crippen LogP contribution in [0.3, 0.4) is 0 Å². The van der Waals surface area contributed by atoms with E-state index < -0.39 is 17.9 Å². The molecule has 15 heavy (non-hydrogen) atoms. The molecule has 0 spiro atoms. The van der Waals surface area contributed by atoms with Crippen molar-refractivity contribution in [2.24, 2.45) is 11.8 Å². The quantitative estimate of drug-likeness (QED) is 0.514. The van der Waals surface area contributed by atoms with Crippen LogP contribution in [-0.2, 0) is 19.1 Å². The third-order valence-corrected chi connectivity index (χ3v) is 2.37. The molecule has 1 rings (SSSR count). The Bertz CT molecular complexity index is 220. The highest BCUT2D eigenvalue weighted by molar-refractivity contribution is 5.95. The summed E-state index contributed by atoms with van der Waals surface area (Å²) >= 11 is 0. The lowest BCUT2D eigenvalue weighted by Crippen LogP contribution is -2.51. The molecule has 0 aromatic carbocycles. The maximum atomic E-state index is 11.5. The van der Waals surface area contributed by atoms with Crippen LogP contribution in [-0.4, -0.2) is 38.2 Å². The van der Waals surface area contributed by atoms with Crippen LogP contribution >= 0.6 is 0 Å². The first-order valence-electron chi connectivity index (χ1n) is 5.24. The molecular weight excluding hydrogens is 198 g/mol. The molecule has 86 valence electrons. The first-order chi connectivity index (χ1) is 7.20. The SMILES string of the molecule is CCOC(=O)C(C(=O)OCC)C1CNC1. The number of rotatable bonds is 5. The van der Waals surface area contributed by atoms with Gasteiger partial charge in [-0.3, -0.25) is 9.59 Å². The Hall–Kier alpha value is -1.10. The van der Waals surface area contributed by atoms with E-state index in [-0.39, 0.29) is 19.1 Å². The highest BCUT2D eigenvalue weighted by atomic mass is 16.6. The molecule has 1 N–H and O–H groups in total. The minimum Gasteiger partial charge on any atom is -0.465 e. The summed E-state index contributed by atoms with van der Waals surface area (Å²) in [6.45, 7) is 5.35. The van der Waals surface area contributed by atoms with Crippen LogP contribution in [0, 0.1) is 11.8 Å². The Kier molecular flexibility index (Phi) is 4.55. The summed E-state index contributed by atoms with van der Waals surface area (Å²) in [5.74, 6) is -1.68. The van der Waals surface area contributed by atoms with Gasteiger partial charge in [0, 0.05) is 19.0 Å². The molecule has 0 aliphatic carbocycles. The van der Waals surface area contributed by atoms with Crippen molar-refractivity contribution in [2.45, 2.75) is 13.8 Å². The number of carbonyl (C=O) groups excluding carboxylic acids is 2. The summed E-state index contributed by atoms with van der Waals surface area (Å²) in [6, 6.07) is 0. The highest BCUT2D eigenvalue weighted by Crippen LogP contribution is 2.19. The van der Waals surface area contributed by atoms with Crippen molar-refractivity contribution in [3.05, 3.63) is 0 Å². The van der Waals surface area contributed by atoms with Gasteiger partial charge in [0.15, 0.2) is 5.92 Å². The van der Waals surface area contributed by atoms with Gasteiger partial charge in [-0.25, -0.2) is 0 Å². The van der Waals surface area contributed by atoms with Gasteiger partial charge in [-0.05, 0) is 13.8 Å². The second kappa shape index (κ2) is 5.70. The predicted octanol–water partition coefficient (Wildman–Crippen LogP) is -0.0518. The first-order valence-corrected chi connectivity index (χ1v) is 5.24. The lowest BCUT2D eigenvalue weighted by Gasteiger charge is -2.31.